The van der Waals surface area contributed by atoms with Gasteiger partial charge in [-0.3, -0.25) is 0 Å². The van der Waals surface area contributed by atoms with Gasteiger partial charge in [-0.05, 0) is 12.2 Å². The summed E-state index contributed by atoms with van der Waals surface area (Å²) < 4.78 is 5.13. The maximum Gasteiger partial charge on any atom is 0.219 e. The van der Waals surface area contributed by atoms with Crippen molar-refractivity contribution in [3.05, 3.63) is 10.8 Å². The number of nitrogens with two attached hydrogens (primary N) is 1. The molecular formula is C5H7N3OS. The lowest BCUT2D eigenvalue weighted by Crippen LogP contribution is -1.95. The van der Waals surface area contributed by atoms with Gasteiger partial charge in [0.15, 0.2) is 0 Å². The van der Waals surface area contributed by atoms with E-state index in [1.165, 1.54) is 7.11 Å². The second-order valence-corrected chi connectivity index (χ2v) is 2.07. The van der Waals surface area contributed by atoms with Crippen molar-refractivity contribution in [3.8, 4) is 5.88 Å². The highest BCUT2D eigenvalue weighted by Gasteiger charge is 1.92. The second kappa shape index (κ2) is 2.66. The molecule has 3 N–H and O–H groups in total. The van der Waals surface area contributed by atoms with E-state index in [0.717, 1.165) is 0 Å². The number of hydrogen-bond donors (Lipinski definition) is 2. The molecule has 5 heteroatoms. The van der Waals surface area contributed by atoms with Crippen LogP contribution in [0.2, 0.25) is 0 Å². The molecule has 10 heavy (non-hydrogen) atoms. The fourth-order valence-corrected chi connectivity index (χ4v) is 0.765. The average molecular weight is 157 g/mol. The number of H-pyrrole nitrogens is 1. The van der Waals surface area contributed by atoms with Gasteiger partial charge in [0.2, 0.25) is 10.7 Å². The zero-order chi connectivity index (χ0) is 7.56. The third-order valence-corrected chi connectivity index (χ3v) is 1.14. The van der Waals surface area contributed by atoms with Crippen molar-refractivity contribution in [2.75, 3.05) is 12.8 Å². The Labute approximate surface area is 63.0 Å². The molecule has 1 rings (SSSR count). The van der Waals surface area contributed by atoms with Crippen LogP contribution in [0.4, 0.5) is 5.82 Å². The Morgan fingerprint density at radius 1 is 1.80 bits per heavy atom. The predicted octanol–water partition coefficient (Wildman–Crippen LogP) is 0.730. The minimum Gasteiger partial charge on any atom is -0.481 e. The Balaban J connectivity index is 3.19. The maximum atomic E-state index is 5.39. The number of nitrogen functional groups attached to an aromatic ring is 1. The van der Waals surface area contributed by atoms with E-state index in [1.807, 2.05) is 0 Å². The van der Waals surface area contributed by atoms with Crippen LogP contribution in [0.3, 0.4) is 0 Å². The zero-order valence-electron chi connectivity index (χ0n) is 5.42. The summed E-state index contributed by atoms with van der Waals surface area (Å²) in [6.45, 7) is 0. The quantitative estimate of drug-likeness (QED) is 0.590. The van der Waals surface area contributed by atoms with Gasteiger partial charge in [-0.1, -0.05) is 0 Å². The normalized spacial score (nSPS) is 9.30. The highest BCUT2D eigenvalue weighted by atomic mass is 32.1. The summed E-state index contributed by atoms with van der Waals surface area (Å²) in [6.07, 6.45) is 0. The summed E-state index contributed by atoms with van der Waals surface area (Å²) >= 11 is 4.73. The fraction of sp³-hybridized carbons (Fsp3) is 0.200. The van der Waals surface area contributed by atoms with Gasteiger partial charge in [-0.2, -0.15) is 4.98 Å². The maximum absolute atomic E-state index is 5.39. The van der Waals surface area contributed by atoms with Crippen LogP contribution in [0, 0.1) is 4.77 Å². The summed E-state index contributed by atoms with van der Waals surface area (Å²) in [7, 11) is 1.51. The topological polar surface area (TPSA) is 63.9 Å². The van der Waals surface area contributed by atoms with Gasteiger partial charge in [0.25, 0.3) is 0 Å². The van der Waals surface area contributed by atoms with Crippen molar-refractivity contribution < 1.29 is 4.74 Å². The van der Waals surface area contributed by atoms with Gasteiger partial charge in [-0.25, -0.2) is 0 Å². The van der Waals surface area contributed by atoms with E-state index in [4.69, 9.17) is 22.7 Å². The molecule has 0 saturated carbocycles. The molecule has 0 aliphatic rings. The molecule has 0 radical (unpaired) electrons. The summed E-state index contributed by atoms with van der Waals surface area (Å²) in [5.41, 5.74) is 5.39. The lowest BCUT2D eigenvalue weighted by molar-refractivity contribution is 0.396. The highest BCUT2D eigenvalue weighted by molar-refractivity contribution is 7.71. The Bertz CT molecular complexity index is 282. The molecule has 0 bridgehead atoms. The molecular weight excluding hydrogens is 150 g/mol. The van der Waals surface area contributed by atoms with E-state index in [0.29, 0.717) is 16.5 Å². The third kappa shape index (κ3) is 1.44. The second-order valence-electron chi connectivity index (χ2n) is 1.68. The molecule has 0 fully saturated rings. The van der Waals surface area contributed by atoms with Crippen LogP contribution in [0.1, 0.15) is 0 Å². The molecule has 0 aromatic carbocycles. The number of ether oxygens (including phenoxy) is 1. The molecule has 4 nitrogen and oxygen atoms in total. The van der Waals surface area contributed by atoms with Crippen LogP contribution in [0.15, 0.2) is 6.07 Å². The molecule has 0 unspecified atom stereocenters. The molecule has 1 aromatic rings. The minimum absolute atomic E-state index is 0.330. The first kappa shape index (κ1) is 7.01. The van der Waals surface area contributed by atoms with Gasteiger partial charge >= 0.3 is 0 Å². The lowest BCUT2D eigenvalue weighted by Gasteiger charge is -1.97. The first-order valence-electron chi connectivity index (χ1n) is 2.63. The Morgan fingerprint density at radius 3 is 3.00 bits per heavy atom. The molecule has 0 saturated heterocycles. The van der Waals surface area contributed by atoms with Crippen LogP contribution in [-0.4, -0.2) is 17.1 Å². The van der Waals surface area contributed by atoms with Crippen molar-refractivity contribution in [1.29, 1.82) is 0 Å². The number of nitrogens with zero attached hydrogens (tertiary/aromatic N) is 1. The number of rotatable bonds is 1. The highest BCUT2D eigenvalue weighted by Crippen LogP contribution is 2.06. The van der Waals surface area contributed by atoms with Crippen LogP contribution >= 0.6 is 12.2 Å². The van der Waals surface area contributed by atoms with Gasteiger partial charge in [0.1, 0.15) is 5.82 Å². The zero-order valence-corrected chi connectivity index (χ0v) is 6.23. The number of nitrogens with one attached hydrogen (secondary N) is 1. The number of anilines is 1. The van der Waals surface area contributed by atoms with E-state index >= 15 is 0 Å². The van der Waals surface area contributed by atoms with E-state index < -0.39 is 0 Å². The van der Waals surface area contributed by atoms with E-state index in [9.17, 15) is 0 Å². The molecule has 0 spiro atoms. The standard InChI is InChI=1S/C5H7N3OS/c1-9-4-2-3(6)7-5(10)8-4/h2H,1H3,(H3,6,7,8,10). The first-order valence-corrected chi connectivity index (χ1v) is 3.04. The van der Waals surface area contributed by atoms with Crippen LogP contribution in [0.5, 0.6) is 5.88 Å². The largest absolute Gasteiger partial charge is 0.481 e. The average Bonchev–Trinajstić information content (AvgIpc) is 1.85. The summed E-state index contributed by atoms with van der Waals surface area (Å²) in [6, 6.07) is 1.57. The SMILES string of the molecule is COc1cc(N)[nH]c(=S)n1. The summed E-state index contributed by atoms with van der Waals surface area (Å²) in [5.74, 6) is 0.887. The predicted molar refractivity (Wildman–Crippen MR) is 40.4 cm³/mol. The first-order chi connectivity index (χ1) is 4.72. The van der Waals surface area contributed by atoms with E-state index in [1.54, 1.807) is 6.07 Å². The lowest BCUT2D eigenvalue weighted by atomic mass is 10.6. The molecule has 0 aliphatic carbocycles. The Hall–Kier alpha value is -1.10. The van der Waals surface area contributed by atoms with Crippen molar-refractivity contribution in [1.82, 2.24) is 9.97 Å². The van der Waals surface area contributed by atoms with Crippen molar-refractivity contribution in [3.63, 3.8) is 0 Å². The molecule has 0 aliphatic heterocycles. The van der Waals surface area contributed by atoms with Crippen LogP contribution in [0.25, 0.3) is 0 Å². The van der Waals surface area contributed by atoms with Gasteiger partial charge in [0.05, 0.1) is 7.11 Å². The molecule has 1 heterocycles. The Kier molecular flexibility index (Phi) is 1.86. The molecule has 54 valence electrons. The molecule has 0 atom stereocenters. The van der Waals surface area contributed by atoms with Gasteiger partial charge in [0, 0.05) is 6.07 Å². The molecule has 0 amide bonds. The van der Waals surface area contributed by atoms with Gasteiger partial charge < -0.3 is 15.5 Å². The Morgan fingerprint density at radius 2 is 2.50 bits per heavy atom. The van der Waals surface area contributed by atoms with E-state index in [-0.39, 0.29) is 0 Å². The van der Waals surface area contributed by atoms with Crippen LogP contribution in [-0.2, 0) is 0 Å². The third-order valence-electron chi connectivity index (χ3n) is 0.951. The van der Waals surface area contributed by atoms with Crippen molar-refractivity contribution in [2.45, 2.75) is 0 Å². The van der Waals surface area contributed by atoms with Crippen molar-refractivity contribution in [2.24, 2.45) is 0 Å². The smallest absolute Gasteiger partial charge is 0.219 e. The fourth-order valence-electron chi connectivity index (χ4n) is 0.557. The van der Waals surface area contributed by atoms with Crippen LogP contribution < -0.4 is 10.5 Å². The monoisotopic (exact) mass is 157 g/mol. The van der Waals surface area contributed by atoms with Crippen molar-refractivity contribution >= 4 is 18.0 Å². The van der Waals surface area contributed by atoms with E-state index in [2.05, 4.69) is 9.97 Å². The number of aromatic nitrogens is 2. The minimum atomic E-state index is 0.330. The number of methoxy groups -OCH3 is 1. The van der Waals surface area contributed by atoms with Gasteiger partial charge in [-0.15, -0.1) is 0 Å². The number of hydrogen-bond acceptors (Lipinski definition) is 4. The molecule has 1 aromatic heterocycles. The summed E-state index contributed by atoms with van der Waals surface area (Å²) in [5, 5.41) is 0. The number of aromatic amines is 1. The summed E-state index contributed by atoms with van der Waals surface area (Å²) in [4.78, 5) is 6.46.